The molecule has 0 N–H and O–H groups in total. The topological polar surface area (TPSA) is 3.24 Å². The average Bonchev–Trinajstić information content (AvgIpc) is 2.40. The van der Waals surface area contributed by atoms with Gasteiger partial charge in [-0.25, -0.2) is 0 Å². The molecule has 2 heteroatoms. The number of nitrogens with zero attached hydrogens (tertiary/aromatic N) is 1. The van der Waals surface area contributed by atoms with Crippen LogP contribution in [-0.2, 0) is 0 Å². The molecule has 0 saturated heterocycles. The molecule has 0 amide bonds. The van der Waals surface area contributed by atoms with Gasteiger partial charge in [-0.05, 0) is 33.6 Å². The lowest BCUT2D eigenvalue weighted by atomic mass is 10.1. The molecule has 0 aromatic carbocycles. The van der Waals surface area contributed by atoms with E-state index in [1.54, 1.807) is 0 Å². The molecule has 0 bridgehead atoms. The predicted molar refractivity (Wildman–Crippen MR) is 35.7 cm³/mol. The van der Waals surface area contributed by atoms with E-state index in [0.717, 1.165) is 18.0 Å². The monoisotopic (exact) mass is 131 g/mol. The van der Waals surface area contributed by atoms with Gasteiger partial charge in [0.25, 0.3) is 0 Å². The first-order valence-electron chi connectivity index (χ1n) is 3.47. The van der Waals surface area contributed by atoms with Crippen LogP contribution in [0.15, 0.2) is 0 Å². The van der Waals surface area contributed by atoms with Crippen LogP contribution >= 0.6 is 0 Å². The van der Waals surface area contributed by atoms with Gasteiger partial charge in [0.1, 0.15) is 0 Å². The minimum absolute atomic E-state index is 0.227. The van der Waals surface area contributed by atoms with E-state index >= 15 is 0 Å². The summed E-state index contributed by atoms with van der Waals surface area (Å²) in [5.74, 6) is 0. The Kier molecular flexibility index (Phi) is 1.51. The van der Waals surface area contributed by atoms with E-state index < -0.39 is 0 Å². The predicted octanol–water partition coefficient (Wildman–Crippen LogP) is 2.13. The second kappa shape index (κ2) is 1.94. The van der Waals surface area contributed by atoms with Crippen LogP contribution in [0.5, 0.6) is 0 Å². The minimum atomic E-state index is -0.291. The van der Waals surface area contributed by atoms with Gasteiger partial charge in [0.2, 0.25) is 0 Å². The van der Waals surface area contributed by atoms with Crippen molar-refractivity contribution in [3.63, 3.8) is 0 Å². The highest BCUT2D eigenvalue weighted by Gasteiger charge is 2.36. The Hall–Kier alpha value is -0.110. The lowest BCUT2D eigenvalue weighted by Crippen LogP contribution is -2.36. The van der Waals surface area contributed by atoms with E-state index in [9.17, 15) is 4.48 Å². The summed E-state index contributed by atoms with van der Waals surface area (Å²) in [6, 6.07) is 0.227. The minimum Gasteiger partial charge on any atom is -0.138 e. The zero-order valence-electron chi connectivity index (χ0n) is 6.32. The fourth-order valence-corrected chi connectivity index (χ4v) is 0.849. The van der Waals surface area contributed by atoms with Gasteiger partial charge in [0.05, 0.1) is 0 Å². The third-order valence-corrected chi connectivity index (χ3v) is 1.51. The van der Waals surface area contributed by atoms with E-state index in [2.05, 4.69) is 0 Å². The van der Waals surface area contributed by atoms with Crippen molar-refractivity contribution in [2.24, 2.45) is 0 Å². The van der Waals surface area contributed by atoms with Gasteiger partial charge in [-0.1, -0.05) is 0 Å². The van der Waals surface area contributed by atoms with Crippen LogP contribution in [0.1, 0.15) is 33.6 Å². The van der Waals surface area contributed by atoms with Gasteiger partial charge in [0.15, 0.2) is 0 Å². The molecule has 9 heavy (non-hydrogen) atoms. The van der Waals surface area contributed by atoms with Crippen LogP contribution in [0.25, 0.3) is 0 Å². The zero-order chi connectivity index (χ0) is 7.07. The summed E-state index contributed by atoms with van der Waals surface area (Å²) < 4.78 is 12.9. The van der Waals surface area contributed by atoms with Crippen LogP contribution in [0.2, 0.25) is 0 Å². The third-order valence-electron chi connectivity index (χ3n) is 1.51. The average molecular weight is 131 g/mol. The van der Waals surface area contributed by atoms with E-state index in [1.807, 2.05) is 20.8 Å². The van der Waals surface area contributed by atoms with Gasteiger partial charge in [0, 0.05) is 11.6 Å². The van der Waals surface area contributed by atoms with Gasteiger partial charge in [-0.3, -0.25) is 0 Å². The van der Waals surface area contributed by atoms with Crippen LogP contribution in [-0.4, -0.2) is 16.7 Å². The van der Waals surface area contributed by atoms with Crippen molar-refractivity contribution < 1.29 is 4.48 Å². The third kappa shape index (κ3) is 1.65. The van der Waals surface area contributed by atoms with E-state index in [0.29, 0.717) is 0 Å². The number of hydrogen-bond acceptors (Lipinski definition) is 1. The molecule has 1 nitrogen and oxygen atoms in total. The van der Waals surface area contributed by atoms with E-state index in [1.165, 1.54) is 0 Å². The second-order valence-electron chi connectivity index (χ2n) is 3.71. The molecule has 54 valence electrons. The Labute approximate surface area is 55.8 Å². The van der Waals surface area contributed by atoms with Crippen molar-refractivity contribution in [1.29, 1.82) is 0 Å². The lowest BCUT2D eigenvalue weighted by molar-refractivity contribution is -0.0681. The van der Waals surface area contributed by atoms with Crippen LogP contribution < -0.4 is 0 Å². The number of halogens is 1. The number of hydrogen-bond donors (Lipinski definition) is 0. The highest BCUT2D eigenvalue weighted by atomic mass is 19.2. The molecule has 0 atom stereocenters. The molecule has 0 radical (unpaired) electrons. The Morgan fingerprint density at radius 2 is 1.78 bits per heavy atom. The van der Waals surface area contributed by atoms with Crippen LogP contribution in [0.4, 0.5) is 4.48 Å². The molecule has 0 aromatic heterocycles. The SMILES string of the molecule is CC(C)(C)N(F)C1CC1. The Morgan fingerprint density at radius 3 is 1.89 bits per heavy atom. The summed E-state index contributed by atoms with van der Waals surface area (Å²) in [7, 11) is 0. The molecule has 1 rings (SSSR count). The Bertz CT molecular complexity index is 102. The van der Waals surface area contributed by atoms with Crippen molar-refractivity contribution in [2.45, 2.75) is 45.2 Å². The molecule has 0 unspecified atom stereocenters. The normalized spacial score (nSPS) is 21.0. The molecule has 1 aliphatic carbocycles. The smallest absolute Gasteiger partial charge is 0.0431 e. The standard InChI is InChI=1S/C7H14FN/c1-7(2,3)9(8)6-4-5-6/h6H,4-5H2,1-3H3. The van der Waals surface area contributed by atoms with E-state index in [-0.39, 0.29) is 11.6 Å². The van der Waals surface area contributed by atoms with Gasteiger partial charge in [-0.15, -0.1) is 9.60 Å². The first-order valence-corrected chi connectivity index (χ1v) is 3.47. The fraction of sp³-hybridized carbons (Fsp3) is 1.00. The summed E-state index contributed by atoms with van der Waals surface area (Å²) in [6.07, 6.45) is 2.07. The maximum Gasteiger partial charge on any atom is 0.0431 e. The molecular formula is C7H14FN. The first kappa shape index (κ1) is 7.00. The van der Waals surface area contributed by atoms with Crippen molar-refractivity contribution in [2.75, 3.05) is 0 Å². The van der Waals surface area contributed by atoms with Crippen molar-refractivity contribution in [1.82, 2.24) is 5.12 Å². The quantitative estimate of drug-likeness (QED) is 0.493. The fourth-order valence-electron chi connectivity index (χ4n) is 0.849. The molecule has 0 spiro atoms. The second-order valence-corrected chi connectivity index (χ2v) is 3.71. The molecule has 1 fully saturated rings. The molecular weight excluding hydrogens is 117 g/mol. The van der Waals surface area contributed by atoms with Gasteiger partial charge < -0.3 is 0 Å². The summed E-state index contributed by atoms with van der Waals surface area (Å²) in [6.45, 7) is 5.68. The maximum atomic E-state index is 12.9. The molecule has 1 aliphatic rings. The molecule has 0 heterocycles. The van der Waals surface area contributed by atoms with Gasteiger partial charge >= 0.3 is 0 Å². The zero-order valence-corrected chi connectivity index (χ0v) is 6.32. The highest BCUT2D eigenvalue weighted by molar-refractivity contribution is 4.86. The summed E-state index contributed by atoms with van der Waals surface area (Å²) in [4.78, 5) is 0. The highest BCUT2D eigenvalue weighted by Crippen LogP contribution is 2.32. The molecule has 0 aliphatic heterocycles. The largest absolute Gasteiger partial charge is 0.138 e. The van der Waals surface area contributed by atoms with Crippen molar-refractivity contribution in [3.8, 4) is 0 Å². The number of rotatable bonds is 1. The lowest BCUT2D eigenvalue weighted by Gasteiger charge is -2.26. The maximum absolute atomic E-state index is 12.9. The Balaban J connectivity index is 2.40. The summed E-state index contributed by atoms with van der Waals surface area (Å²) in [5.41, 5.74) is -0.291. The van der Waals surface area contributed by atoms with E-state index in [4.69, 9.17) is 0 Å². The molecule has 0 aromatic rings. The van der Waals surface area contributed by atoms with Crippen molar-refractivity contribution >= 4 is 0 Å². The van der Waals surface area contributed by atoms with Crippen LogP contribution in [0.3, 0.4) is 0 Å². The van der Waals surface area contributed by atoms with Crippen LogP contribution in [0, 0.1) is 0 Å². The summed E-state index contributed by atoms with van der Waals surface area (Å²) in [5, 5.41) is 0.965. The van der Waals surface area contributed by atoms with Gasteiger partial charge in [-0.2, -0.15) is 0 Å². The van der Waals surface area contributed by atoms with Crippen molar-refractivity contribution in [3.05, 3.63) is 0 Å². The first-order chi connectivity index (χ1) is 4.02. The molecule has 1 saturated carbocycles. The Morgan fingerprint density at radius 1 is 1.33 bits per heavy atom. The summed E-state index contributed by atoms with van der Waals surface area (Å²) >= 11 is 0.